The van der Waals surface area contributed by atoms with E-state index in [9.17, 15) is 30.0 Å². The fourth-order valence-electron chi connectivity index (χ4n) is 2.32. The highest BCUT2D eigenvalue weighted by atomic mass is 32.2. The number of sulfonamides is 1. The number of primary sulfonamides is 1. The molecular weight excluding hydrogens is 433 g/mol. The maximum atomic E-state index is 13.6. The molecule has 0 aliphatic carbocycles. The van der Waals surface area contributed by atoms with E-state index < -0.39 is 43.7 Å². The van der Waals surface area contributed by atoms with Crippen LogP contribution in [-0.4, -0.2) is 29.4 Å². The van der Waals surface area contributed by atoms with E-state index in [1.807, 2.05) is 0 Å². The summed E-state index contributed by atoms with van der Waals surface area (Å²) in [6, 6.07) is 5.41. The second kappa shape index (κ2) is 9.19. The van der Waals surface area contributed by atoms with Crippen molar-refractivity contribution in [2.75, 3.05) is 6.54 Å². The second-order valence-corrected chi connectivity index (χ2v) is 9.33. The topological polar surface area (TPSA) is 144 Å². The predicted molar refractivity (Wildman–Crippen MR) is 99.6 cm³/mol. The maximum Gasteiger partial charge on any atom is 0.277 e. The highest BCUT2D eigenvalue weighted by molar-refractivity contribution is 7.89. The number of rotatable bonds is 9. The summed E-state index contributed by atoms with van der Waals surface area (Å²) in [6.07, 6.45) is -0.222. The first-order valence-corrected chi connectivity index (χ1v) is 11.2. The Kier molecular flexibility index (Phi) is 7.37. The Balaban J connectivity index is 1.88. The molecule has 0 fully saturated rings. The molecule has 8 nitrogen and oxygen atoms in total. The van der Waals surface area contributed by atoms with E-state index >= 15 is 0 Å². The molecule has 0 unspecified atom stereocenters. The fraction of sp³-hybridized carbons (Fsp3) is 0.250. The Labute approximate surface area is 166 Å². The first kappa shape index (κ1) is 23.3. The van der Waals surface area contributed by atoms with Crippen molar-refractivity contribution in [3.05, 3.63) is 65.0 Å². The Morgan fingerprint density at radius 3 is 2.07 bits per heavy atom. The van der Waals surface area contributed by atoms with E-state index in [-0.39, 0.29) is 30.0 Å². The van der Waals surface area contributed by atoms with E-state index in [4.69, 9.17) is 10.9 Å². The normalized spacial score (nSPS) is 13.4. The average Bonchev–Trinajstić information content (AvgIpc) is 2.63. The summed E-state index contributed by atoms with van der Waals surface area (Å²) in [4.78, 5) is -0.113. The molecule has 2 aromatic carbocycles. The zero-order valence-electron chi connectivity index (χ0n) is 14.9. The molecule has 0 radical (unpaired) electrons. The molecule has 0 saturated heterocycles. The van der Waals surface area contributed by atoms with E-state index in [2.05, 4.69) is 9.44 Å². The number of nitrogens with one attached hydrogen (secondary N) is 2. The van der Waals surface area contributed by atoms with Crippen LogP contribution in [0.1, 0.15) is 11.1 Å². The Hall–Kier alpha value is -2.03. The first-order valence-electron chi connectivity index (χ1n) is 8.12. The zero-order valence-corrected chi connectivity index (χ0v) is 16.5. The zero-order chi connectivity index (χ0) is 21.8. The van der Waals surface area contributed by atoms with Crippen molar-refractivity contribution in [1.29, 1.82) is 0 Å². The van der Waals surface area contributed by atoms with Gasteiger partial charge in [0, 0.05) is 25.2 Å². The molecule has 6 N–H and O–H groups in total. The summed E-state index contributed by atoms with van der Waals surface area (Å²) in [7, 11) is -7.83. The molecule has 0 aliphatic heterocycles. The fourth-order valence-corrected chi connectivity index (χ4v) is 3.73. The molecule has 0 spiro atoms. The minimum Gasteiger partial charge on any atom is -0.326 e. The van der Waals surface area contributed by atoms with E-state index in [1.54, 1.807) is 0 Å². The van der Waals surface area contributed by atoms with Crippen LogP contribution >= 0.6 is 0 Å². The van der Waals surface area contributed by atoms with Crippen LogP contribution in [0.2, 0.25) is 0 Å². The molecule has 2 aromatic rings. The molecular formula is C16H19F3N4O4S2. The number of nitrogens with two attached hydrogens (primary N) is 2. The lowest BCUT2D eigenvalue weighted by Crippen LogP contribution is -2.43. The van der Waals surface area contributed by atoms with E-state index in [0.29, 0.717) is 17.7 Å². The van der Waals surface area contributed by atoms with Gasteiger partial charge in [0.15, 0.2) is 11.6 Å². The van der Waals surface area contributed by atoms with Gasteiger partial charge in [-0.05, 0) is 35.7 Å². The molecule has 0 heterocycles. The van der Waals surface area contributed by atoms with Crippen molar-refractivity contribution in [1.82, 2.24) is 9.44 Å². The molecule has 1 atom stereocenters. The predicted octanol–water partition coefficient (Wildman–Crippen LogP) is 0.245. The standard InChI is InChI=1S/C16H19F3N4O4S2/c17-14-7-16(19)15(18)6-11(14)5-12(20)9-23-29(26,27)22-8-10-1-3-13(4-2-10)28(21,24)25/h1-4,6-7,12,22-23H,5,8-9,20H2,(H2,21,24,25)/t12-/m1/s1. The smallest absolute Gasteiger partial charge is 0.277 e. The van der Waals surface area contributed by atoms with Crippen LogP contribution in [0.15, 0.2) is 41.3 Å². The van der Waals surface area contributed by atoms with Gasteiger partial charge in [0.25, 0.3) is 10.2 Å². The molecule has 0 saturated carbocycles. The van der Waals surface area contributed by atoms with Crippen molar-refractivity contribution in [2.24, 2.45) is 10.9 Å². The quantitative estimate of drug-likeness (QED) is 0.403. The van der Waals surface area contributed by atoms with Gasteiger partial charge in [0.1, 0.15) is 5.82 Å². The van der Waals surface area contributed by atoms with Crippen molar-refractivity contribution >= 4 is 20.2 Å². The third-order valence-electron chi connectivity index (χ3n) is 3.83. The molecule has 0 amide bonds. The van der Waals surface area contributed by atoms with Gasteiger partial charge >= 0.3 is 0 Å². The van der Waals surface area contributed by atoms with Gasteiger partial charge < -0.3 is 5.73 Å². The molecule has 0 bridgehead atoms. The molecule has 13 heteroatoms. The van der Waals surface area contributed by atoms with Gasteiger partial charge in [-0.1, -0.05) is 12.1 Å². The monoisotopic (exact) mass is 452 g/mol. The highest BCUT2D eigenvalue weighted by Crippen LogP contribution is 2.15. The van der Waals surface area contributed by atoms with Crippen LogP contribution in [0.3, 0.4) is 0 Å². The number of hydrogen-bond acceptors (Lipinski definition) is 5. The number of hydrogen-bond donors (Lipinski definition) is 4. The largest absolute Gasteiger partial charge is 0.326 e. The van der Waals surface area contributed by atoms with E-state index in [0.717, 1.165) is 0 Å². The maximum absolute atomic E-state index is 13.6. The SMILES string of the molecule is N[C@@H](CNS(=O)(=O)NCc1ccc(S(N)(=O)=O)cc1)Cc1cc(F)c(F)cc1F. The lowest BCUT2D eigenvalue weighted by atomic mass is 10.1. The van der Waals surface area contributed by atoms with Crippen molar-refractivity contribution < 1.29 is 30.0 Å². The van der Waals surface area contributed by atoms with Crippen molar-refractivity contribution in [3.63, 3.8) is 0 Å². The third kappa shape index (κ3) is 7.06. The molecule has 29 heavy (non-hydrogen) atoms. The van der Waals surface area contributed by atoms with Gasteiger partial charge in [-0.2, -0.15) is 13.1 Å². The number of halogens is 3. The molecule has 160 valence electrons. The lowest BCUT2D eigenvalue weighted by Gasteiger charge is -2.14. The highest BCUT2D eigenvalue weighted by Gasteiger charge is 2.16. The summed E-state index contributed by atoms with van der Waals surface area (Å²) in [5.41, 5.74) is 6.01. The van der Waals surface area contributed by atoms with Gasteiger partial charge in [-0.15, -0.1) is 0 Å². The van der Waals surface area contributed by atoms with Gasteiger partial charge in [-0.3, -0.25) is 0 Å². The Morgan fingerprint density at radius 1 is 0.897 bits per heavy atom. The molecule has 2 rings (SSSR count). The van der Waals surface area contributed by atoms with Crippen LogP contribution < -0.4 is 20.3 Å². The van der Waals surface area contributed by atoms with Crippen molar-refractivity contribution in [2.45, 2.75) is 23.9 Å². The van der Waals surface area contributed by atoms with Crippen LogP contribution in [0.4, 0.5) is 13.2 Å². The third-order valence-corrected chi connectivity index (χ3v) is 5.83. The molecule has 0 aliphatic rings. The van der Waals surface area contributed by atoms with Crippen molar-refractivity contribution in [3.8, 4) is 0 Å². The molecule has 0 aromatic heterocycles. The first-order chi connectivity index (χ1) is 13.4. The van der Waals surface area contributed by atoms with Crippen LogP contribution in [0, 0.1) is 17.5 Å². The van der Waals surface area contributed by atoms with E-state index in [1.165, 1.54) is 24.3 Å². The minimum absolute atomic E-state index is 0.113. The minimum atomic E-state index is -3.98. The summed E-state index contributed by atoms with van der Waals surface area (Å²) < 4.78 is 90.4. The van der Waals surface area contributed by atoms with Gasteiger partial charge in [0.05, 0.1) is 4.90 Å². The summed E-state index contributed by atoms with van der Waals surface area (Å²) in [6.45, 7) is -0.439. The van der Waals surface area contributed by atoms with Crippen LogP contribution in [0.25, 0.3) is 0 Å². The van der Waals surface area contributed by atoms with Crippen LogP contribution in [-0.2, 0) is 33.2 Å². The second-order valence-electron chi connectivity index (χ2n) is 6.18. The van der Waals surface area contributed by atoms with Gasteiger partial charge in [-0.25, -0.2) is 31.5 Å². The average molecular weight is 452 g/mol. The Morgan fingerprint density at radius 2 is 1.48 bits per heavy atom. The Bertz CT molecular complexity index is 1080. The summed E-state index contributed by atoms with van der Waals surface area (Å²) >= 11 is 0. The number of benzene rings is 2. The lowest BCUT2D eigenvalue weighted by molar-refractivity contribution is 0.486. The summed E-state index contributed by atoms with van der Waals surface area (Å²) in [5, 5.41) is 4.97. The summed E-state index contributed by atoms with van der Waals surface area (Å²) in [5.74, 6) is -3.55. The van der Waals surface area contributed by atoms with Gasteiger partial charge in [0.2, 0.25) is 10.0 Å². The van der Waals surface area contributed by atoms with Crippen LogP contribution in [0.5, 0.6) is 0 Å².